The van der Waals surface area contributed by atoms with Crippen molar-refractivity contribution in [1.29, 1.82) is 0 Å². The summed E-state index contributed by atoms with van der Waals surface area (Å²) in [6.07, 6.45) is 9.03. The van der Waals surface area contributed by atoms with Crippen LogP contribution in [-0.4, -0.2) is 39.1 Å². The minimum Gasteiger partial charge on any atom is -0.493 e. The highest BCUT2D eigenvalue weighted by Gasteiger charge is 2.80. The zero-order valence-electron chi connectivity index (χ0n) is 18.5. The van der Waals surface area contributed by atoms with E-state index in [1.807, 2.05) is 13.2 Å². The Morgan fingerprint density at radius 2 is 2.10 bits per heavy atom. The van der Waals surface area contributed by atoms with Gasteiger partial charge in [0.2, 0.25) is 0 Å². The van der Waals surface area contributed by atoms with Crippen LogP contribution < -0.4 is 9.47 Å². The molecule has 4 bridgehead atoms. The third kappa shape index (κ3) is 1.93. The van der Waals surface area contributed by atoms with Crippen LogP contribution in [0.15, 0.2) is 24.8 Å². The van der Waals surface area contributed by atoms with E-state index in [1.54, 1.807) is 7.11 Å². The van der Waals surface area contributed by atoms with Crippen LogP contribution in [-0.2, 0) is 21.3 Å². The fourth-order valence-electron chi connectivity index (χ4n) is 8.88. The van der Waals surface area contributed by atoms with Gasteiger partial charge in [-0.25, -0.2) is 0 Å². The van der Waals surface area contributed by atoms with Crippen LogP contribution in [0, 0.1) is 23.2 Å². The summed E-state index contributed by atoms with van der Waals surface area (Å²) in [6, 6.07) is 4.43. The van der Waals surface area contributed by atoms with Crippen LogP contribution in [0.2, 0.25) is 0 Å². The van der Waals surface area contributed by atoms with Crippen molar-refractivity contribution in [2.45, 2.75) is 62.6 Å². The monoisotopic (exact) mass is 410 g/mol. The molecule has 4 fully saturated rings. The highest BCUT2D eigenvalue weighted by molar-refractivity contribution is 5.63. The van der Waals surface area contributed by atoms with Crippen molar-refractivity contribution in [3.8, 4) is 11.5 Å². The minimum absolute atomic E-state index is 0.0511. The molecule has 6 aliphatic rings. The number of hydrogen-bond acceptors (Lipinski definition) is 4. The quantitative estimate of drug-likeness (QED) is 0.504. The number of hydrogen-bond donors (Lipinski definition) is 0. The van der Waals surface area contributed by atoms with Crippen molar-refractivity contribution in [1.82, 2.24) is 0 Å². The summed E-state index contributed by atoms with van der Waals surface area (Å²) in [6.45, 7) is 7.63. The second-order valence-electron chi connectivity index (χ2n) is 10.5. The molecule has 7 atom stereocenters. The van der Waals surface area contributed by atoms with Crippen molar-refractivity contribution in [2.24, 2.45) is 23.2 Å². The fourth-order valence-corrected chi connectivity index (χ4v) is 8.88. The lowest BCUT2D eigenvalue weighted by Crippen LogP contribution is -2.78. The second-order valence-corrected chi connectivity index (χ2v) is 10.5. The zero-order chi connectivity index (χ0) is 20.7. The Morgan fingerprint density at radius 3 is 2.87 bits per heavy atom. The van der Waals surface area contributed by atoms with Gasteiger partial charge in [0.25, 0.3) is 0 Å². The number of benzene rings is 1. The lowest BCUT2D eigenvalue weighted by Gasteiger charge is -2.73. The Morgan fingerprint density at radius 1 is 1.23 bits per heavy atom. The van der Waals surface area contributed by atoms with Gasteiger partial charge in [0.15, 0.2) is 11.5 Å². The van der Waals surface area contributed by atoms with Crippen LogP contribution in [0.4, 0.5) is 0 Å². The van der Waals surface area contributed by atoms with E-state index in [-0.39, 0.29) is 22.5 Å². The van der Waals surface area contributed by atoms with Crippen molar-refractivity contribution >= 4 is 0 Å². The number of rotatable bonds is 6. The molecule has 0 radical (unpaired) electrons. The third-order valence-corrected chi connectivity index (χ3v) is 9.92. The van der Waals surface area contributed by atoms with Crippen LogP contribution in [0.5, 0.6) is 11.5 Å². The summed E-state index contributed by atoms with van der Waals surface area (Å²) in [5, 5.41) is 0. The van der Waals surface area contributed by atoms with Gasteiger partial charge in [-0.2, -0.15) is 0 Å². The number of methoxy groups -OCH3 is 2. The van der Waals surface area contributed by atoms with Gasteiger partial charge in [-0.05, 0) is 67.4 Å². The van der Waals surface area contributed by atoms with Crippen LogP contribution in [0.25, 0.3) is 0 Å². The van der Waals surface area contributed by atoms with E-state index in [4.69, 9.17) is 18.9 Å². The zero-order valence-corrected chi connectivity index (χ0v) is 18.5. The summed E-state index contributed by atoms with van der Waals surface area (Å²) < 4.78 is 25.3. The first kappa shape index (κ1) is 19.2. The smallest absolute Gasteiger partial charge is 0.165 e. The average molecular weight is 411 g/mol. The maximum atomic E-state index is 6.97. The molecule has 7 unspecified atom stereocenters. The van der Waals surface area contributed by atoms with E-state index in [2.05, 4.69) is 25.6 Å². The van der Waals surface area contributed by atoms with E-state index in [1.165, 1.54) is 43.2 Å². The molecule has 1 aromatic carbocycles. The molecule has 5 aliphatic carbocycles. The van der Waals surface area contributed by atoms with Gasteiger partial charge < -0.3 is 18.9 Å². The largest absolute Gasteiger partial charge is 0.493 e. The van der Waals surface area contributed by atoms with E-state index < -0.39 is 0 Å². The molecule has 1 heterocycles. The average Bonchev–Trinajstić information content (AvgIpc) is 3.13. The molecular formula is C26H34O4. The molecular weight excluding hydrogens is 376 g/mol. The SMILES string of the molecule is C=CCOCC1CC23CCC1(OC)C1Oc4c(OC)ccc5c4C12CCC(C)C3C5. The van der Waals surface area contributed by atoms with Crippen molar-refractivity contribution < 1.29 is 18.9 Å². The molecule has 4 saturated carbocycles. The summed E-state index contributed by atoms with van der Waals surface area (Å²) >= 11 is 0. The van der Waals surface area contributed by atoms with Gasteiger partial charge in [0.05, 0.1) is 20.3 Å². The van der Waals surface area contributed by atoms with Crippen LogP contribution in [0.3, 0.4) is 0 Å². The van der Waals surface area contributed by atoms with Gasteiger partial charge in [-0.3, -0.25) is 0 Å². The standard InChI is InChI=1S/C26H34O4/c1-5-12-29-15-18-14-24-10-11-26(18,28-4)23-25(24)9-8-16(2)19(24)13-17-6-7-20(27-3)22(30-23)21(17)25/h5-7,16,18-19,23H,1,8-15H2,2-4H3. The summed E-state index contributed by atoms with van der Waals surface area (Å²) in [5.74, 6) is 3.70. The maximum absolute atomic E-state index is 6.97. The normalized spacial score (nSPS) is 44.4. The van der Waals surface area contributed by atoms with Crippen LogP contribution >= 0.6 is 0 Å². The Bertz CT molecular complexity index is 895. The van der Waals surface area contributed by atoms with Crippen LogP contribution in [0.1, 0.15) is 50.2 Å². The predicted octanol–water partition coefficient (Wildman–Crippen LogP) is 4.68. The lowest BCUT2D eigenvalue weighted by atomic mass is 9.31. The van der Waals surface area contributed by atoms with E-state index in [0.29, 0.717) is 18.4 Å². The molecule has 2 spiro atoms. The third-order valence-electron chi connectivity index (χ3n) is 9.92. The minimum atomic E-state index is -0.299. The first-order valence-electron chi connectivity index (χ1n) is 11.7. The molecule has 0 saturated heterocycles. The first-order valence-corrected chi connectivity index (χ1v) is 11.7. The number of fused-ring (bicyclic) bond motifs is 2. The summed E-state index contributed by atoms with van der Waals surface area (Å²) in [7, 11) is 3.66. The molecule has 30 heavy (non-hydrogen) atoms. The Balaban J connectivity index is 1.58. The maximum Gasteiger partial charge on any atom is 0.165 e. The van der Waals surface area contributed by atoms with Crippen molar-refractivity contribution in [2.75, 3.05) is 27.4 Å². The molecule has 4 heteroatoms. The molecule has 4 nitrogen and oxygen atoms in total. The van der Waals surface area contributed by atoms with Gasteiger partial charge in [-0.15, -0.1) is 6.58 Å². The van der Waals surface area contributed by atoms with Crippen molar-refractivity contribution in [3.63, 3.8) is 0 Å². The molecule has 0 amide bonds. The number of ether oxygens (including phenoxy) is 4. The lowest BCUT2D eigenvalue weighted by molar-refractivity contribution is -0.283. The fraction of sp³-hybridized carbons (Fsp3) is 0.692. The second kappa shape index (κ2) is 6.26. The van der Waals surface area contributed by atoms with E-state index in [0.717, 1.165) is 30.4 Å². The Hall–Kier alpha value is -1.52. The molecule has 1 aliphatic heterocycles. The summed E-state index contributed by atoms with van der Waals surface area (Å²) in [5.41, 5.74) is 3.01. The van der Waals surface area contributed by atoms with E-state index in [9.17, 15) is 0 Å². The topological polar surface area (TPSA) is 36.9 Å². The molecule has 1 aromatic rings. The Kier molecular flexibility index (Phi) is 4.00. The summed E-state index contributed by atoms with van der Waals surface area (Å²) in [4.78, 5) is 0. The first-order chi connectivity index (χ1) is 14.6. The molecule has 0 N–H and O–H groups in total. The molecule has 162 valence electrons. The molecule has 0 aromatic heterocycles. The van der Waals surface area contributed by atoms with Gasteiger partial charge >= 0.3 is 0 Å². The van der Waals surface area contributed by atoms with E-state index >= 15 is 0 Å². The van der Waals surface area contributed by atoms with Gasteiger partial charge in [-0.1, -0.05) is 19.1 Å². The van der Waals surface area contributed by atoms with Crippen molar-refractivity contribution in [3.05, 3.63) is 35.9 Å². The van der Waals surface area contributed by atoms with Gasteiger partial charge in [0.1, 0.15) is 11.7 Å². The molecule has 7 rings (SSSR count). The highest BCUT2D eigenvalue weighted by atomic mass is 16.6. The highest BCUT2D eigenvalue weighted by Crippen LogP contribution is 2.78. The van der Waals surface area contributed by atoms with Gasteiger partial charge in [0, 0.05) is 24.0 Å². The predicted molar refractivity (Wildman–Crippen MR) is 115 cm³/mol. The Labute approximate surface area is 179 Å².